The third-order valence-electron chi connectivity index (χ3n) is 5.47. The quantitative estimate of drug-likeness (QED) is 0.182. The molecule has 6 nitrogen and oxygen atoms in total. The molecule has 0 aromatic heterocycles. The average molecular weight is 578 g/mol. The van der Waals surface area contributed by atoms with Gasteiger partial charge in [-0.2, -0.15) is 0 Å². The highest BCUT2D eigenvalue weighted by molar-refractivity contribution is 6.53. The van der Waals surface area contributed by atoms with Gasteiger partial charge in [-0.25, -0.2) is 4.39 Å². The average Bonchev–Trinajstić information content (AvgIpc) is 3.39. The number of alkyl halides is 2. The topological polar surface area (TPSA) is 90.5 Å². The zero-order valence-electron chi connectivity index (χ0n) is 17.4. The highest BCUT2D eigenvalue weighted by atomic mass is 35.5. The van der Waals surface area contributed by atoms with E-state index in [2.05, 4.69) is 10.6 Å². The van der Waals surface area contributed by atoms with Crippen LogP contribution in [0.2, 0.25) is 15.1 Å². The van der Waals surface area contributed by atoms with Crippen LogP contribution in [-0.2, 0) is 4.79 Å². The number of anilines is 3. The van der Waals surface area contributed by atoms with Crippen LogP contribution in [0.3, 0.4) is 0 Å². The normalized spacial score (nSPS) is 18.0. The molecular weight excluding hydrogens is 563 g/mol. The number of carbonyl (C=O) groups excluding carboxylic acids is 2. The summed E-state index contributed by atoms with van der Waals surface area (Å²) in [6.45, 7) is 0. The minimum atomic E-state index is -1.36. The van der Waals surface area contributed by atoms with Crippen molar-refractivity contribution in [2.45, 2.75) is 10.3 Å². The van der Waals surface area contributed by atoms with Crippen molar-refractivity contribution >= 4 is 86.9 Å². The van der Waals surface area contributed by atoms with E-state index in [0.29, 0.717) is 15.6 Å². The van der Waals surface area contributed by atoms with Crippen LogP contribution in [-0.4, -0.2) is 21.4 Å². The lowest BCUT2D eigenvalue weighted by molar-refractivity contribution is -0.117. The van der Waals surface area contributed by atoms with Gasteiger partial charge >= 0.3 is 0 Å². The molecule has 1 aliphatic carbocycles. The second kappa shape index (κ2) is 10.0. The Kier molecular flexibility index (Phi) is 7.38. The molecule has 1 fully saturated rings. The molecule has 0 heterocycles. The van der Waals surface area contributed by atoms with Gasteiger partial charge in [0.15, 0.2) is 0 Å². The van der Waals surface area contributed by atoms with E-state index in [9.17, 15) is 19.2 Å². The van der Waals surface area contributed by atoms with Gasteiger partial charge in [0, 0.05) is 17.7 Å². The van der Waals surface area contributed by atoms with Crippen LogP contribution >= 0.6 is 58.0 Å². The molecule has 2 amide bonds. The summed E-state index contributed by atoms with van der Waals surface area (Å²) >= 11 is 31.0. The van der Waals surface area contributed by atoms with Gasteiger partial charge in [-0.15, -0.1) is 23.2 Å². The Bertz CT molecular complexity index is 1340. The maximum absolute atomic E-state index is 13.4. The molecule has 1 aliphatic rings. The summed E-state index contributed by atoms with van der Waals surface area (Å²) in [5.41, 5.74) is 2.83. The van der Waals surface area contributed by atoms with Gasteiger partial charge in [0.05, 0.1) is 37.9 Å². The van der Waals surface area contributed by atoms with Gasteiger partial charge in [0.1, 0.15) is 10.2 Å². The smallest absolute Gasteiger partial charge is 0.257 e. The number of amides is 2. The summed E-state index contributed by atoms with van der Waals surface area (Å²) in [4.78, 5) is 25.7. The molecule has 35 heavy (non-hydrogen) atoms. The molecule has 0 saturated heterocycles. The van der Waals surface area contributed by atoms with Crippen molar-refractivity contribution in [3.63, 3.8) is 0 Å². The number of carbonyl (C=O) groups is 2. The first kappa shape index (κ1) is 25.8. The minimum absolute atomic E-state index is 0.0255. The molecular formula is C23H15Cl5FN3O3. The maximum Gasteiger partial charge on any atom is 0.257 e. The molecule has 12 heteroatoms. The van der Waals surface area contributed by atoms with Crippen LogP contribution in [0, 0.1) is 11.7 Å². The Balaban J connectivity index is 1.51. The van der Waals surface area contributed by atoms with Crippen molar-refractivity contribution in [1.29, 1.82) is 0 Å². The summed E-state index contributed by atoms with van der Waals surface area (Å²) in [5, 5.41) is 15.2. The Labute approximate surface area is 224 Å². The highest BCUT2D eigenvalue weighted by Gasteiger charge is 2.67. The van der Waals surface area contributed by atoms with E-state index in [1.807, 2.05) is 5.48 Å². The molecule has 3 aromatic rings. The van der Waals surface area contributed by atoms with Crippen LogP contribution in [0.5, 0.6) is 0 Å². The standard InChI is InChI=1S/C23H15Cl5FN3O3/c24-14-5-3-12(9-13(14)21(33)31-17-6-2-11(29)8-18(17)32-35)30-22(34)20-19(23(20,27)28)10-1-4-15(25)16(26)7-10/h1-9,19-20,32,35H,(H,30,34)(H,31,33). The van der Waals surface area contributed by atoms with Crippen molar-refractivity contribution < 1.29 is 19.2 Å². The van der Waals surface area contributed by atoms with Gasteiger partial charge in [-0.05, 0) is 48.0 Å². The second-order valence-corrected chi connectivity index (χ2v) is 10.4. The Morgan fingerprint density at radius 1 is 0.857 bits per heavy atom. The number of rotatable bonds is 6. The van der Waals surface area contributed by atoms with E-state index in [1.54, 1.807) is 18.2 Å². The molecule has 0 aliphatic heterocycles. The van der Waals surface area contributed by atoms with Crippen molar-refractivity contribution in [2.75, 3.05) is 16.1 Å². The maximum atomic E-state index is 13.4. The first-order valence-electron chi connectivity index (χ1n) is 9.97. The summed E-state index contributed by atoms with van der Waals surface area (Å²) < 4.78 is 12.0. The second-order valence-electron chi connectivity index (χ2n) is 7.74. The lowest BCUT2D eigenvalue weighted by atomic mass is 10.1. The SMILES string of the molecule is O=C(Nc1ccc(F)cc1NO)c1cc(NC(=O)C2C(c3ccc(Cl)c(Cl)c3)C2(Cl)Cl)ccc1Cl. The molecule has 0 bridgehead atoms. The largest absolute Gasteiger partial charge is 0.326 e. The van der Waals surface area contributed by atoms with Crippen LogP contribution in [0.25, 0.3) is 0 Å². The molecule has 182 valence electrons. The highest BCUT2D eigenvalue weighted by Crippen LogP contribution is 2.65. The van der Waals surface area contributed by atoms with E-state index < -0.39 is 33.8 Å². The van der Waals surface area contributed by atoms with Crippen LogP contribution < -0.4 is 16.1 Å². The van der Waals surface area contributed by atoms with Gasteiger partial charge in [-0.3, -0.25) is 20.3 Å². The van der Waals surface area contributed by atoms with E-state index in [4.69, 9.17) is 58.0 Å². The van der Waals surface area contributed by atoms with Gasteiger partial charge in [0.2, 0.25) is 5.91 Å². The summed E-state index contributed by atoms with van der Waals surface area (Å²) in [5.74, 6) is -3.04. The fourth-order valence-corrected chi connectivity index (χ4v) is 5.02. The van der Waals surface area contributed by atoms with Crippen LogP contribution in [0.1, 0.15) is 21.8 Å². The molecule has 0 spiro atoms. The lowest BCUT2D eigenvalue weighted by Gasteiger charge is -2.12. The van der Waals surface area contributed by atoms with E-state index in [1.165, 1.54) is 24.3 Å². The molecule has 4 rings (SSSR count). The van der Waals surface area contributed by atoms with Gasteiger partial charge in [-0.1, -0.05) is 40.9 Å². The third kappa shape index (κ3) is 5.31. The number of nitrogens with one attached hydrogen (secondary N) is 3. The Hall–Kier alpha value is -2.26. The summed E-state index contributed by atoms with van der Waals surface area (Å²) in [7, 11) is 0. The molecule has 2 unspecified atom stereocenters. The van der Waals surface area contributed by atoms with Crippen molar-refractivity contribution in [3.8, 4) is 0 Å². The number of halogens is 6. The summed E-state index contributed by atoms with van der Waals surface area (Å²) in [6.07, 6.45) is 0. The summed E-state index contributed by atoms with van der Waals surface area (Å²) in [6, 6.07) is 12.6. The van der Waals surface area contributed by atoms with E-state index >= 15 is 0 Å². The first-order chi connectivity index (χ1) is 16.5. The number of hydrogen-bond acceptors (Lipinski definition) is 4. The van der Waals surface area contributed by atoms with E-state index in [-0.39, 0.29) is 27.6 Å². The monoisotopic (exact) mass is 575 g/mol. The third-order valence-corrected chi connectivity index (χ3v) is 7.48. The van der Waals surface area contributed by atoms with Crippen molar-refractivity contribution in [2.24, 2.45) is 5.92 Å². The van der Waals surface area contributed by atoms with Gasteiger partial charge in [0.25, 0.3) is 5.91 Å². The Morgan fingerprint density at radius 3 is 2.26 bits per heavy atom. The fourth-order valence-electron chi connectivity index (χ4n) is 3.68. The fraction of sp³-hybridized carbons (Fsp3) is 0.130. The molecule has 3 aromatic carbocycles. The zero-order chi connectivity index (χ0) is 25.5. The number of benzene rings is 3. The predicted molar refractivity (Wildman–Crippen MR) is 137 cm³/mol. The Morgan fingerprint density at radius 2 is 1.57 bits per heavy atom. The zero-order valence-corrected chi connectivity index (χ0v) is 21.2. The van der Waals surface area contributed by atoms with Crippen molar-refractivity contribution in [1.82, 2.24) is 0 Å². The van der Waals surface area contributed by atoms with Gasteiger partial charge < -0.3 is 10.6 Å². The molecule has 2 atom stereocenters. The first-order valence-corrected chi connectivity index (χ1v) is 11.9. The predicted octanol–water partition coefficient (Wildman–Crippen LogP) is 7.37. The van der Waals surface area contributed by atoms with Crippen LogP contribution in [0.15, 0.2) is 54.6 Å². The molecule has 0 radical (unpaired) electrons. The molecule has 4 N–H and O–H groups in total. The van der Waals surface area contributed by atoms with Crippen molar-refractivity contribution in [3.05, 3.63) is 86.6 Å². The van der Waals surface area contributed by atoms with E-state index in [0.717, 1.165) is 12.1 Å². The molecule has 1 saturated carbocycles. The number of hydrogen-bond donors (Lipinski definition) is 4. The van der Waals surface area contributed by atoms with Crippen LogP contribution in [0.4, 0.5) is 21.5 Å². The minimum Gasteiger partial charge on any atom is -0.326 e. The lowest BCUT2D eigenvalue weighted by Crippen LogP contribution is -2.18.